The molecular formula is C34H30N4O4S. The molecule has 0 aliphatic rings. The van der Waals surface area contributed by atoms with Crippen LogP contribution in [0.5, 0.6) is 5.75 Å². The first-order valence-electron chi connectivity index (χ1n) is 13.7. The number of nitrogens with one attached hydrogen (secondary N) is 1. The summed E-state index contributed by atoms with van der Waals surface area (Å²) in [4.78, 5) is 24.3. The Bertz CT molecular complexity index is 2040. The van der Waals surface area contributed by atoms with E-state index in [1.54, 1.807) is 48.3 Å². The van der Waals surface area contributed by atoms with Crippen LogP contribution in [0.2, 0.25) is 0 Å². The Morgan fingerprint density at radius 2 is 1.51 bits per heavy atom. The van der Waals surface area contributed by atoms with Gasteiger partial charge in [-0.15, -0.1) is 0 Å². The van der Waals surface area contributed by atoms with Gasteiger partial charge < -0.3 is 19.0 Å². The summed E-state index contributed by atoms with van der Waals surface area (Å²) in [6, 6.07) is 31.1. The van der Waals surface area contributed by atoms with Crippen LogP contribution in [0.15, 0.2) is 114 Å². The number of H-pyrrole nitrogens is 1. The minimum Gasteiger partial charge on any atom is -0.379 e. The Balaban J connectivity index is 1.48. The minimum absolute atomic E-state index is 0.00287. The van der Waals surface area contributed by atoms with Gasteiger partial charge in [0.2, 0.25) is 5.91 Å². The lowest BCUT2D eigenvalue weighted by molar-refractivity contribution is -0.118. The quantitative estimate of drug-likeness (QED) is 0.208. The number of anilines is 1. The number of pyridine rings is 1. The van der Waals surface area contributed by atoms with Crippen LogP contribution >= 0.6 is 0 Å². The zero-order chi connectivity index (χ0) is 30.1. The van der Waals surface area contributed by atoms with Gasteiger partial charge in [0.1, 0.15) is 16.3 Å². The van der Waals surface area contributed by atoms with Gasteiger partial charge in [-0.1, -0.05) is 60.7 Å². The van der Waals surface area contributed by atoms with Gasteiger partial charge in [-0.2, -0.15) is 8.42 Å². The lowest BCUT2D eigenvalue weighted by Crippen LogP contribution is -2.34. The van der Waals surface area contributed by atoms with Crippen LogP contribution in [-0.2, 0) is 14.9 Å². The van der Waals surface area contributed by atoms with Crippen molar-refractivity contribution in [2.24, 2.45) is 0 Å². The molecule has 0 saturated carbocycles. The first-order chi connectivity index (χ1) is 20.7. The SMILES string of the molecule is CN(C)CC(=O)N(C)c1ccc(-c2cnc3[nH]c4ccc(OS(=O)(=O)c5ccccc5)cc4c3c2-c2ccccc2)cc1. The fraction of sp³-hybridized carbons (Fsp3) is 0.118. The number of carbonyl (C=O) groups excluding carboxylic acids is 1. The predicted molar refractivity (Wildman–Crippen MR) is 171 cm³/mol. The summed E-state index contributed by atoms with van der Waals surface area (Å²) in [5.41, 5.74) is 6.03. The van der Waals surface area contributed by atoms with Gasteiger partial charge in [0.05, 0.1) is 6.54 Å². The highest BCUT2D eigenvalue weighted by molar-refractivity contribution is 7.87. The van der Waals surface area contributed by atoms with Crippen LogP contribution in [0.1, 0.15) is 0 Å². The molecule has 1 N–H and O–H groups in total. The molecular weight excluding hydrogens is 560 g/mol. The normalized spacial score (nSPS) is 11.7. The largest absolute Gasteiger partial charge is 0.379 e. The highest BCUT2D eigenvalue weighted by Gasteiger charge is 2.21. The zero-order valence-corrected chi connectivity index (χ0v) is 24.8. The summed E-state index contributed by atoms with van der Waals surface area (Å²) in [6.45, 7) is 0.315. The van der Waals surface area contributed by atoms with Gasteiger partial charge in [0.25, 0.3) is 0 Å². The monoisotopic (exact) mass is 590 g/mol. The molecule has 0 saturated heterocycles. The van der Waals surface area contributed by atoms with Crippen molar-refractivity contribution in [1.82, 2.24) is 14.9 Å². The molecule has 1 amide bonds. The maximum absolute atomic E-state index is 13.0. The summed E-state index contributed by atoms with van der Waals surface area (Å²) >= 11 is 0. The fourth-order valence-electron chi connectivity index (χ4n) is 5.16. The lowest BCUT2D eigenvalue weighted by atomic mass is 9.92. The molecule has 0 fully saturated rings. The van der Waals surface area contributed by atoms with E-state index in [-0.39, 0.29) is 16.6 Å². The molecule has 0 radical (unpaired) electrons. The molecule has 9 heteroatoms. The van der Waals surface area contributed by atoms with Crippen LogP contribution in [0, 0.1) is 0 Å². The third-order valence-electron chi connectivity index (χ3n) is 7.28. The van der Waals surface area contributed by atoms with Crippen molar-refractivity contribution in [3.63, 3.8) is 0 Å². The average Bonchev–Trinajstić information content (AvgIpc) is 3.38. The molecule has 0 aliphatic heterocycles. The van der Waals surface area contributed by atoms with Crippen LogP contribution in [0.25, 0.3) is 44.2 Å². The molecule has 0 bridgehead atoms. The number of likely N-dealkylation sites (N-methyl/N-ethyl adjacent to an activating group) is 2. The molecule has 6 aromatic rings. The van der Waals surface area contributed by atoms with E-state index in [2.05, 4.69) is 4.98 Å². The Labute approximate surface area is 250 Å². The number of aromatic amines is 1. The standard InChI is InChI=1S/C34H30N4O4S/c1-37(2)22-31(39)38(3)25-16-14-23(15-17-25)29-21-35-34-33(32(29)24-10-6-4-7-11-24)28-20-26(18-19-30(28)36-34)42-43(40,41)27-12-8-5-9-13-27/h4-21H,22H2,1-3H3,(H,35,36). The van der Waals surface area contributed by atoms with Crippen molar-refractivity contribution in [2.45, 2.75) is 4.90 Å². The van der Waals surface area contributed by atoms with Crippen molar-refractivity contribution in [3.8, 4) is 28.0 Å². The number of carbonyl (C=O) groups is 1. The van der Waals surface area contributed by atoms with Gasteiger partial charge in [0.15, 0.2) is 0 Å². The number of benzene rings is 4. The van der Waals surface area contributed by atoms with Gasteiger partial charge in [-0.3, -0.25) is 4.79 Å². The van der Waals surface area contributed by atoms with E-state index in [0.29, 0.717) is 12.2 Å². The minimum atomic E-state index is -4.01. The van der Waals surface area contributed by atoms with Gasteiger partial charge in [0, 0.05) is 46.3 Å². The second-order valence-electron chi connectivity index (χ2n) is 10.6. The van der Waals surface area contributed by atoms with Crippen LogP contribution in [0.3, 0.4) is 0 Å². The van der Waals surface area contributed by atoms with E-state index < -0.39 is 10.1 Å². The van der Waals surface area contributed by atoms with Gasteiger partial charge >= 0.3 is 10.1 Å². The van der Waals surface area contributed by atoms with Crippen LogP contribution in [-0.4, -0.2) is 56.9 Å². The summed E-state index contributed by atoms with van der Waals surface area (Å²) in [5, 5.41) is 1.64. The second-order valence-corrected chi connectivity index (χ2v) is 12.1. The third-order valence-corrected chi connectivity index (χ3v) is 8.55. The van der Waals surface area contributed by atoms with E-state index in [0.717, 1.165) is 44.2 Å². The summed E-state index contributed by atoms with van der Waals surface area (Å²) < 4.78 is 31.5. The number of amides is 1. The van der Waals surface area contributed by atoms with Crippen molar-refractivity contribution in [3.05, 3.63) is 109 Å². The first kappa shape index (κ1) is 28.1. The Morgan fingerprint density at radius 3 is 2.19 bits per heavy atom. The van der Waals surface area contributed by atoms with Crippen molar-refractivity contribution in [2.75, 3.05) is 32.6 Å². The maximum atomic E-state index is 13.0. The smallest absolute Gasteiger partial charge is 0.339 e. The molecule has 2 heterocycles. The molecule has 216 valence electrons. The number of hydrogen-bond donors (Lipinski definition) is 1. The predicted octanol–water partition coefficient (Wildman–Crippen LogP) is 6.34. The molecule has 0 unspecified atom stereocenters. The molecule has 0 aliphatic carbocycles. The number of fused-ring (bicyclic) bond motifs is 3. The lowest BCUT2D eigenvalue weighted by Gasteiger charge is -2.20. The first-order valence-corrected chi connectivity index (χ1v) is 15.1. The number of rotatable bonds is 8. The maximum Gasteiger partial charge on any atom is 0.339 e. The molecule has 4 aromatic carbocycles. The van der Waals surface area contributed by atoms with E-state index >= 15 is 0 Å². The molecule has 0 atom stereocenters. The van der Waals surface area contributed by atoms with Crippen molar-refractivity contribution >= 4 is 43.6 Å². The van der Waals surface area contributed by atoms with E-state index in [4.69, 9.17) is 9.17 Å². The number of hydrogen-bond acceptors (Lipinski definition) is 6. The van der Waals surface area contributed by atoms with Crippen molar-refractivity contribution < 1.29 is 17.4 Å². The van der Waals surface area contributed by atoms with Gasteiger partial charge in [-0.05, 0) is 67.7 Å². The van der Waals surface area contributed by atoms with Crippen LogP contribution in [0.4, 0.5) is 5.69 Å². The summed E-state index contributed by atoms with van der Waals surface area (Å²) in [6.07, 6.45) is 1.84. The second kappa shape index (κ2) is 11.4. The Kier molecular flexibility index (Phi) is 7.43. The summed E-state index contributed by atoms with van der Waals surface area (Å²) in [5.74, 6) is 0.202. The zero-order valence-electron chi connectivity index (χ0n) is 24.0. The molecule has 2 aromatic heterocycles. The summed E-state index contributed by atoms with van der Waals surface area (Å²) in [7, 11) is 1.49. The Hall–Kier alpha value is -4.99. The fourth-order valence-corrected chi connectivity index (χ4v) is 6.10. The topological polar surface area (TPSA) is 95.6 Å². The molecule has 43 heavy (non-hydrogen) atoms. The highest BCUT2D eigenvalue weighted by atomic mass is 32.2. The Morgan fingerprint density at radius 1 is 0.837 bits per heavy atom. The number of aromatic nitrogens is 2. The third kappa shape index (κ3) is 5.60. The van der Waals surface area contributed by atoms with Crippen LogP contribution < -0.4 is 9.08 Å². The molecule has 6 rings (SSSR count). The number of nitrogens with zero attached hydrogens (tertiary/aromatic N) is 3. The van der Waals surface area contributed by atoms with E-state index in [1.807, 2.05) is 79.8 Å². The van der Waals surface area contributed by atoms with Gasteiger partial charge in [-0.25, -0.2) is 4.98 Å². The van der Waals surface area contributed by atoms with Crippen molar-refractivity contribution in [1.29, 1.82) is 0 Å². The molecule has 8 nitrogen and oxygen atoms in total. The van der Waals surface area contributed by atoms with E-state index in [1.165, 1.54) is 12.1 Å². The molecule has 0 spiro atoms. The highest BCUT2D eigenvalue weighted by Crippen LogP contribution is 2.41. The average molecular weight is 591 g/mol. The van der Waals surface area contributed by atoms with E-state index in [9.17, 15) is 13.2 Å².